The van der Waals surface area contributed by atoms with Crippen LogP contribution in [-0.2, 0) is 4.79 Å². The maximum atomic E-state index is 11.0. The topological polar surface area (TPSA) is 92.9 Å². The number of aromatic carboxylic acids is 1. The van der Waals surface area contributed by atoms with Gasteiger partial charge in [-0.15, -0.1) is 0 Å². The van der Waals surface area contributed by atoms with Crippen molar-refractivity contribution < 1.29 is 19.4 Å². The van der Waals surface area contributed by atoms with Gasteiger partial charge < -0.3 is 15.6 Å². The number of carbonyl (C=O) groups excluding carboxylic acids is 1. The third kappa shape index (κ3) is 4.97. The molecule has 0 aliphatic heterocycles. The predicted octanol–water partition coefficient (Wildman–Crippen LogP) is 0.571. The first-order valence-corrected chi connectivity index (χ1v) is 6.00. The number of carboxylic acid groups (broad SMARTS) is 1. The van der Waals surface area contributed by atoms with Crippen LogP contribution in [0.2, 0.25) is 0 Å². The summed E-state index contributed by atoms with van der Waals surface area (Å²) in [6, 6.07) is 6.44. The summed E-state index contributed by atoms with van der Waals surface area (Å²) < 4.78 is 5.44. The first-order chi connectivity index (χ1) is 9.04. The monoisotopic (exact) mass is 266 g/mol. The van der Waals surface area contributed by atoms with Crippen molar-refractivity contribution in [2.24, 2.45) is 5.73 Å². The number of nitrogens with zero attached hydrogens (tertiary/aromatic N) is 1. The van der Waals surface area contributed by atoms with E-state index in [1.165, 1.54) is 6.07 Å². The first kappa shape index (κ1) is 15.0. The van der Waals surface area contributed by atoms with Gasteiger partial charge >= 0.3 is 5.97 Å². The largest absolute Gasteiger partial charge is 0.491 e. The number of primary amides is 1. The SMILES string of the molecule is CCN(CCOc1ccccc1C(=O)O)CC(N)=O. The van der Waals surface area contributed by atoms with E-state index in [0.29, 0.717) is 25.4 Å². The van der Waals surface area contributed by atoms with E-state index in [9.17, 15) is 9.59 Å². The number of ether oxygens (including phenoxy) is 1. The van der Waals surface area contributed by atoms with Crippen LogP contribution in [0.5, 0.6) is 5.75 Å². The Kier molecular flexibility index (Phi) is 5.81. The van der Waals surface area contributed by atoms with Crippen LogP contribution in [0.1, 0.15) is 17.3 Å². The molecular weight excluding hydrogens is 248 g/mol. The van der Waals surface area contributed by atoms with Crippen LogP contribution in [0.4, 0.5) is 0 Å². The van der Waals surface area contributed by atoms with Gasteiger partial charge in [-0.05, 0) is 18.7 Å². The highest BCUT2D eigenvalue weighted by Gasteiger charge is 2.11. The van der Waals surface area contributed by atoms with Crippen LogP contribution in [0.3, 0.4) is 0 Å². The Morgan fingerprint density at radius 2 is 2.05 bits per heavy atom. The molecule has 104 valence electrons. The van der Waals surface area contributed by atoms with Crippen molar-refractivity contribution in [1.29, 1.82) is 0 Å². The minimum Gasteiger partial charge on any atom is -0.491 e. The molecule has 0 saturated heterocycles. The minimum absolute atomic E-state index is 0.125. The van der Waals surface area contributed by atoms with Crippen LogP contribution in [0.15, 0.2) is 24.3 Å². The summed E-state index contributed by atoms with van der Waals surface area (Å²) in [6.07, 6.45) is 0. The number of benzene rings is 1. The summed E-state index contributed by atoms with van der Waals surface area (Å²) >= 11 is 0. The van der Waals surface area contributed by atoms with E-state index >= 15 is 0 Å². The highest BCUT2D eigenvalue weighted by Crippen LogP contribution is 2.17. The molecule has 0 bridgehead atoms. The highest BCUT2D eigenvalue weighted by molar-refractivity contribution is 5.90. The van der Waals surface area contributed by atoms with Crippen molar-refractivity contribution in [3.63, 3.8) is 0 Å². The van der Waals surface area contributed by atoms with Crippen molar-refractivity contribution >= 4 is 11.9 Å². The third-order valence-electron chi connectivity index (χ3n) is 2.61. The smallest absolute Gasteiger partial charge is 0.339 e. The molecular formula is C13H18N2O4. The van der Waals surface area contributed by atoms with Gasteiger partial charge in [-0.25, -0.2) is 4.79 Å². The third-order valence-corrected chi connectivity index (χ3v) is 2.61. The quantitative estimate of drug-likeness (QED) is 0.717. The average Bonchev–Trinajstić information content (AvgIpc) is 2.37. The molecule has 0 radical (unpaired) electrons. The molecule has 0 heterocycles. The molecule has 0 saturated carbocycles. The summed E-state index contributed by atoms with van der Waals surface area (Å²) in [5.74, 6) is -1.10. The molecule has 0 aromatic heterocycles. The first-order valence-electron chi connectivity index (χ1n) is 6.00. The van der Waals surface area contributed by atoms with Crippen molar-refractivity contribution in [1.82, 2.24) is 4.90 Å². The molecule has 0 atom stereocenters. The number of carboxylic acids is 1. The number of likely N-dealkylation sites (N-methyl/N-ethyl adjacent to an activating group) is 1. The molecule has 1 amide bonds. The normalized spacial score (nSPS) is 10.4. The number of hydrogen-bond donors (Lipinski definition) is 2. The number of para-hydroxylation sites is 1. The molecule has 1 rings (SSSR count). The van der Waals surface area contributed by atoms with E-state index in [2.05, 4.69) is 0 Å². The van der Waals surface area contributed by atoms with Gasteiger partial charge in [0.15, 0.2) is 0 Å². The second kappa shape index (κ2) is 7.38. The molecule has 0 unspecified atom stereocenters. The van der Waals surface area contributed by atoms with Gasteiger partial charge in [0.05, 0.1) is 6.54 Å². The second-order valence-corrected chi connectivity index (χ2v) is 3.98. The summed E-state index contributed by atoms with van der Waals surface area (Å²) in [4.78, 5) is 23.6. The lowest BCUT2D eigenvalue weighted by Gasteiger charge is -2.18. The number of hydrogen-bond acceptors (Lipinski definition) is 4. The summed E-state index contributed by atoms with van der Waals surface area (Å²) in [5.41, 5.74) is 5.24. The number of rotatable bonds is 8. The maximum Gasteiger partial charge on any atom is 0.339 e. The Labute approximate surface area is 111 Å². The van der Waals surface area contributed by atoms with E-state index in [4.69, 9.17) is 15.6 Å². The lowest BCUT2D eigenvalue weighted by molar-refractivity contribution is -0.119. The van der Waals surface area contributed by atoms with Gasteiger partial charge in [0.25, 0.3) is 0 Å². The van der Waals surface area contributed by atoms with E-state index in [0.717, 1.165) is 0 Å². The molecule has 0 aliphatic rings. The second-order valence-electron chi connectivity index (χ2n) is 3.98. The van der Waals surface area contributed by atoms with Gasteiger partial charge in [-0.1, -0.05) is 19.1 Å². The maximum absolute atomic E-state index is 11.0. The summed E-state index contributed by atoms with van der Waals surface area (Å²) in [6.45, 7) is 3.56. The van der Waals surface area contributed by atoms with Crippen LogP contribution in [0.25, 0.3) is 0 Å². The van der Waals surface area contributed by atoms with Gasteiger partial charge in [0.2, 0.25) is 5.91 Å². The fraction of sp³-hybridized carbons (Fsp3) is 0.385. The molecule has 3 N–H and O–H groups in total. The Balaban J connectivity index is 2.53. The van der Waals surface area contributed by atoms with Crippen molar-refractivity contribution in [2.75, 3.05) is 26.2 Å². The molecule has 6 heteroatoms. The summed E-state index contributed by atoms with van der Waals surface area (Å²) in [7, 11) is 0. The van der Waals surface area contributed by atoms with E-state index < -0.39 is 11.9 Å². The van der Waals surface area contributed by atoms with Crippen molar-refractivity contribution in [2.45, 2.75) is 6.92 Å². The number of amides is 1. The molecule has 1 aromatic carbocycles. The Morgan fingerprint density at radius 1 is 1.37 bits per heavy atom. The fourth-order valence-corrected chi connectivity index (χ4v) is 1.62. The number of carbonyl (C=O) groups is 2. The predicted molar refractivity (Wildman–Crippen MR) is 70.2 cm³/mol. The highest BCUT2D eigenvalue weighted by atomic mass is 16.5. The fourth-order valence-electron chi connectivity index (χ4n) is 1.62. The zero-order valence-electron chi connectivity index (χ0n) is 10.8. The minimum atomic E-state index is -1.03. The van der Waals surface area contributed by atoms with E-state index in [1.807, 2.05) is 11.8 Å². The van der Waals surface area contributed by atoms with Gasteiger partial charge in [-0.2, -0.15) is 0 Å². The lowest BCUT2D eigenvalue weighted by atomic mass is 10.2. The zero-order chi connectivity index (χ0) is 14.3. The molecule has 1 aromatic rings. The van der Waals surface area contributed by atoms with Gasteiger partial charge in [0, 0.05) is 6.54 Å². The van der Waals surface area contributed by atoms with Gasteiger partial charge in [0.1, 0.15) is 17.9 Å². The molecule has 6 nitrogen and oxygen atoms in total. The van der Waals surface area contributed by atoms with E-state index in [1.54, 1.807) is 18.2 Å². The Morgan fingerprint density at radius 3 is 2.63 bits per heavy atom. The van der Waals surface area contributed by atoms with Gasteiger partial charge in [-0.3, -0.25) is 9.69 Å². The number of nitrogens with two attached hydrogens (primary N) is 1. The molecule has 19 heavy (non-hydrogen) atoms. The van der Waals surface area contributed by atoms with Crippen LogP contribution in [0, 0.1) is 0 Å². The molecule has 0 spiro atoms. The van der Waals surface area contributed by atoms with Crippen molar-refractivity contribution in [3.05, 3.63) is 29.8 Å². The average molecular weight is 266 g/mol. The summed E-state index contributed by atoms with van der Waals surface area (Å²) in [5, 5.41) is 8.99. The Bertz CT molecular complexity index is 448. The zero-order valence-corrected chi connectivity index (χ0v) is 10.8. The molecule has 0 fully saturated rings. The van der Waals surface area contributed by atoms with Crippen LogP contribution in [-0.4, -0.2) is 48.1 Å². The Hall–Kier alpha value is -2.08. The molecule has 0 aliphatic carbocycles. The lowest BCUT2D eigenvalue weighted by Crippen LogP contribution is -2.36. The van der Waals surface area contributed by atoms with Crippen molar-refractivity contribution in [3.8, 4) is 5.75 Å². The van der Waals surface area contributed by atoms with Crippen LogP contribution < -0.4 is 10.5 Å². The van der Waals surface area contributed by atoms with Crippen LogP contribution >= 0.6 is 0 Å². The standard InChI is InChI=1S/C13H18N2O4/c1-2-15(9-12(14)16)7-8-19-11-6-4-3-5-10(11)13(17)18/h3-6H,2,7-9H2,1H3,(H2,14,16)(H,17,18). The van der Waals surface area contributed by atoms with E-state index in [-0.39, 0.29) is 12.1 Å².